The van der Waals surface area contributed by atoms with Crippen molar-refractivity contribution >= 4 is 33.2 Å². The average molecular weight is 610 g/mol. The molecule has 41 heavy (non-hydrogen) atoms. The summed E-state index contributed by atoms with van der Waals surface area (Å²) in [7, 11) is 0. The largest absolute Gasteiger partial charge is 0.443 e. The third-order valence-electron chi connectivity index (χ3n) is 6.70. The lowest BCUT2D eigenvalue weighted by Gasteiger charge is -2.38. The smallest absolute Gasteiger partial charge is 0.394 e. The summed E-state index contributed by atoms with van der Waals surface area (Å²) in [5, 5.41) is 32.6. The molecule has 1 fully saturated rings. The molecule has 5 aromatic rings. The van der Waals surface area contributed by atoms with E-state index in [1.54, 1.807) is 25.3 Å². The molecule has 2 N–H and O–H groups in total. The van der Waals surface area contributed by atoms with Gasteiger partial charge < -0.3 is 14.9 Å². The third kappa shape index (κ3) is 5.19. The minimum Gasteiger partial charge on any atom is -0.394 e. The molecule has 1 aliphatic rings. The normalized spacial score (nSPS) is 21.6. The lowest BCUT2D eigenvalue weighted by atomic mass is 9.95. The molecule has 3 aromatic heterocycles. The van der Waals surface area contributed by atoms with E-state index in [-0.39, 0.29) is 17.0 Å². The quantitative estimate of drug-likeness (QED) is 0.275. The summed E-state index contributed by atoms with van der Waals surface area (Å²) in [5.74, 6) is 0.0731. The van der Waals surface area contributed by atoms with E-state index >= 15 is 0 Å². The van der Waals surface area contributed by atoms with E-state index in [2.05, 4.69) is 25.4 Å². The van der Waals surface area contributed by atoms with E-state index in [0.29, 0.717) is 44.6 Å². The second-order valence-electron chi connectivity index (χ2n) is 9.45. The predicted octanol–water partition coefficient (Wildman–Crippen LogP) is 4.68. The molecule has 2 aromatic carbocycles. The Morgan fingerprint density at radius 3 is 2.71 bits per heavy atom. The van der Waals surface area contributed by atoms with Crippen molar-refractivity contribution < 1.29 is 32.5 Å². The SMILES string of the molecule is Cc1nc(C2CC(n3cc(-c4ccc(Cl)c(F)c4)nn3)C(O)C(CO)O2)n(-c2ccc3nc(C(F)(F)F)sc3c2)n1. The number of aliphatic hydroxyl groups is 2. The van der Waals surface area contributed by atoms with Gasteiger partial charge in [-0.3, -0.25) is 0 Å². The van der Waals surface area contributed by atoms with E-state index in [4.69, 9.17) is 16.3 Å². The Morgan fingerprint density at radius 1 is 1.17 bits per heavy atom. The van der Waals surface area contributed by atoms with Crippen LogP contribution in [0, 0.1) is 12.7 Å². The number of thiazole rings is 1. The lowest BCUT2D eigenvalue weighted by Crippen LogP contribution is -2.45. The molecule has 0 aliphatic carbocycles. The maximum Gasteiger partial charge on any atom is 0.443 e. The number of fused-ring (bicyclic) bond motifs is 1. The number of aryl methyl sites for hydroxylation is 1. The zero-order valence-electron chi connectivity index (χ0n) is 21.0. The summed E-state index contributed by atoms with van der Waals surface area (Å²) in [6.07, 6.45) is -5.89. The van der Waals surface area contributed by atoms with Crippen molar-refractivity contribution in [1.29, 1.82) is 0 Å². The molecule has 0 spiro atoms. The standard InChI is InChI=1S/C25H20ClF4N7O3S/c1-11-31-23(37(34-11)13-3-5-16-21(7-13)41-24(32-16)25(28,29)30)19-8-18(22(39)20(10-38)40-19)36-9-17(33-35-36)12-2-4-14(26)15(27)6-12/h2-7,9,18-20,22,38-39H,8,10H2,1H3. The van der Waals surface area contributed by atoms with Gasteiger partial charge in [-0.25, -0.2) is 23.7 Å². The van der Waals surface area contributed by atoms with E-state index in [1.807, 2.05) is 0 Å². The topological polar surface area (TPSA) is 124 Å². The highest BCUT2D eigenvalue weighted by Gasteiger charge is 2.42. The summed E-state index contributed by atoms with van der Waals surface area (Å²) in [5.41, 5.74) is 1.40. The Kier molecular flexibility index (Phi) is 7.02. The summed E-state index contributed by atoms with van der Waals surface area (Å²) >= 11 is 6.30. The molecule has 4 unspecified atom stereocenters. The second kappa shape index (κ2) is 10.4. The summed E-state index contributed by atoms with van der Waals surface area (Å²) in [4.78, 5) is 8.17. The first kappa shape index (κ1) is 27.7. The van der Waals surface area contributed by atoms with E-state index in [1.165, 1.54) is 33.6 Å². The van der Waals surface area contributed by atoms with Crippen molar-refractivity contribution in [3.8, 4) is 16.9 Å². The van der Waals surface area contributed by atoms with Crippen molar-refractivity contribution in [2.24, 2.45) is 0 Å². The van der Waals surface area contributed by atoms with Crippen LogP contribution in [0.4, 0.5) is 17.6 Å². The maximum atomic E-state index is 14.0. The van der Waals surface area contributed by atoms with Crippen molar-refractivity contribution in [2.75, 3.05) is 6.61 Å². The first-order valence-electron chi connectivity index (χ1n) is 12.2. The number of rotatable bonds is 5. The Balaban J connectivity index is 1.34. The number of alkyl halides is 3. The molecule has 10 nitrogen and oxygen atoms in total. The molecule has 6 rings (SSSR count). The van der Waals surface area contributed by atoms with Gasteiger partial charge in [0.25, 0.3) is 0 Å². The van der Waals surface area contributed by atoms with Crippen molar-refractivity contribution in [1.82, 2.24) is 34.7 Å². The zero-order valence-corrected chi connectivity index (χ0v) is 22.6. The zero-order chi connectivity index (χ0) is 29.1. The highest BCUT2D eigenvalue weighted by molar-refractivity contribution is 7.18. The minimum absolute atomic E-state index is 0.0377. The molecular formula is C25H20ClF4N7O3S. The third-order valence-corrected chi connectivity index (χ3v) is 8.07. The first-order chi connectivity index (χ1) is 19.5. The number of nitrogens with zero attached hydrogens (tertiary/aromatic N) is 7. The van der Waals surface area contributed by atoms with Gasteiger partial charge in [0.2, 0.25) is 0 Å². The molecule has 0 radical (unpaired) electrons. The molecule has 0 amide bonds. The van der Waals surface area contributed by atoms with E-state index < -0.39 is 48.0 Å². The van der Waals surface area contributed by atoms with Gasteiger partial charge in [-0.2, -0.15) is 18.3 Å². The van der Waals surface area contributed by atoms with Gasteiger partial charge in [0.1, 0.15) is 35.6 Å². The van der Waals surface area contributed by atoms with Crippen LogP contribution in [0.15, 0.2) is 42.6 Å². The molecule has 1 saturated heterocycles. The number of halogens is 5. The van der Waals surface area contributed by atoms with Crippen LogP contribution >= 0.6 is 22.9 Å². The number of aliphatic hydroxyl groups excluding tert-OH is 2. The summed E-state index contributed by atoms with van der Waals surface area (Å²) in [6, 6.07) is 8.06. The highest BCUT2D eigenvalue weighted by atomic mass is 35.5. The van der Waals surface area contributed by atoms with E-state index in [9.17, 15) is 27.8 Å². The Labute approximate surface area is 237 Å². The molecule has 0 saturated carbocycles. The Hall–Kier alpha value is -3.50. The van der Waals surface area contributed by atoms with Gasteiger partial charge in [0, 0.05) is 12.0 Å². The van der Waals surface area contributed by atoms with Gasteiger partial charge in [-0.1, -0.05) is 22.9 Å². The maximum absolute atomic E-state index is 14.0. The number of ether oxygens (including phenoxy) is 1. The fourth-order valence-electron chi connectivity index (χ4n) is 4.76. The van der Waals surface area contributed by atoms with Gasteiger partial charge in [0.15, 0.2) is 10.8 Å². The van der Waals surface area contributed by atoms with Gasteiger partial charge in [-0.15, -0.1) is 16.4 Å². The number of hydrogen-bond acceptors (Lipinski definition) is 9. The summed E-state index contributed by atoms with van der Waals surface area (Å²) < 4.78 is 62.8. The monoisotopic (exact) mass is 609 g/mol. The fourth-order valence-corrected chi connectivity index (χ4v) is 5.74. The molecule has 214 valence electrons. The number of benzene rings is 2. The lowest BCUT2D eigenvalue weighted by molar-refractivity contribution is -0.161. The molecule has 16 heteroatoms. The molecule has 1 aliphatic heterocycles. The minimum atomic E-state index is -4.56. The fraction of sp³-hybridized carbons (Fsp3) is 0.320. The predicted molar refractivity (Wildman–Crippen MR) is 139 cm³/mol. The average Bonchev–Trinajstić information content (AvgIpc) is 3.68. The molecule has 0 bridgehead atoms. The molecule has 4 atom stereocenters. The van der Waals surface area contributed by atoms with Crippen LogP contribution in [0.3, 0.4) is 0 Å². The second-order valence-corrected chi connectivity index (χ2v) is 10.9. The van der Waals surface area contributed by atoms with Crippen molar-refractivity contribution in [2.45, 2.75) is 43.9 Å². The summed E-state index contributed by atoms with van der Waals surface area (Å²) in [6.45, 7) is 1.14. The van der Waals surface area contributed by atoms with Gasteiger partial charge >= 0.3 is 6.18 Å². The van der Waals surface area contributed by atoms with Gasteiger partial charge in [0.05, 0.1) is 39.8 Å². The number of aromatic nitrogens is 7. The Morgan fingerprint density at radius 2 is 1.98 bits per heavy atom. The van der Waals surface area contributed by atoms with Crippen LogP contribution in [0.1, 0.15) is 35.2 Å². The number of hydrogen-bond donors (Lipinski definition) is 2. The molecular weight excluding hydrogens is 590 g/mol. The van der Waals surface area contributed by atoms with Crippen molar-refractivity contribution in [3.05, 3.63) is 70.1 Å². The van der Waals surface area contributed by atoms with Crippen LogP contribution in [-0.4, -0.2) is 63.8 Å². The first-order valence-corrected chi connectivity index (χ1v) is 13.4. The Bertz CT molecular complexity index is 1740. The van der Waals surface area contributed by atoms with Crippen LogP contribution in [0.25, 0.3) is 27.2 Å². The molecule has 4 heterocycles. The van der Waals surface area contributed by atoms with Gasteiger partial charge in [-0.05, 0) is 37.3 Å². The van der Waals surface area contributed by atoms with Crippen LogP contribution in [0.5, 0.6) is 0 Å². The highest BCUT2D eigenvalue weighted by Crippen LogP contribution is 2.39. The van der Waals surface area contributed by atoms with Crippen LogP contribution in [0.2, 0.25) is 5.02 Å². The van der Waals surface area contributed by atoms with Crippen LogP contribution in [-0.2, 0) is 10.9 Å². The van der Waals surface area contributed by atoms with E-state index in [0.717, 1.165) is 0 Å². The van der Waals surface area contributed by atoms with Crippen molar-refractivity contribution in [3.63, 3.8) is 0 Å². The van der Waals surface area contributed by atoms with Crippen LogP contribution < -0.4 is 0 Å².